The highest BCUT2D eigenvalue weighted by Gasteiger charge is 2.37. The largest absolute Gasteiger partial charge is 0.335 e. The molecule has 11 heteroatoms. The van der Waals surface area contributed by atoms with E-state index >= 15 is 0 Å². The number of benzene rings is 2. The number of anilines is 1. The van der Waals surface area contributed by atoms with Gasteiger partial charge in [-0.05, 0) is 68.0 Å². The smallest absolute Gasteiger partial charge is 0.318 e. The van der Waals surface area contributed by atoms with E-state index in [1.807, 2.05) is 0 Å². The first-order chi connectivity index (χ1) is 16.1. The Kier molecular flexibility index (Phi) is 5.99. The van der Waals surface area contributed by atoms with Crippen molar-refractivity contribution >= 4 is 58.5 Å². The SMILES string of the molecule is Cc1cc(/C=C2\C(=O)NC(=O)N(c3ccc(Cl)cc3)C2=O)c(C)n1-c1ccc([N+](=O)[O-])c(Cl)c1. The number of nitrogens with zero attached hydrogens (tertiary/aromatic N) is 3. The van der Waals surface area contributed by atoms with E-state index in [9.17, 15) is 24.5 Å². The number of hydrogen-bond acceptors (Lipinski definition) is 5. The lowest BCUT2D eigenvalue weighted by atomic mass is 10.1. The van der Waals surface area contributed by atoms with Crippen LogP contribution in [-0.2, 0) is 9.59 Å². The molecule has 1 N–H and O–H groups in total. The predicted molar refractivity (Wildman–Crippen MR) is 127 cm³/mol. The zero-order valence-corrected chi connectivity index (χ0v) is 19.3. The van der Waals surface area contributed by atoms with Crippen molar-refractivity contribution < 1.29 is 19.3 Å². The summed E-state index contributed by atoms with van der Waals surface area (Å²) in [6.07, 6.45) is 1.40. The van der Waals surface area contributed by atoms with Crippen LogP contribution >= 0.6 is 23.2 Å². The number of imide groups is 2. The minimum absolute atomic E-state index is 0.0196. The average molecular weight is 499 g/mol. The van der Waals surface area contributed by atoms with Crippen molar-refractivity contribution in [1.82, 2.24) is 9.88 Å². The Morgan fingerprint density at radius 3 is 2.24 bits per heavy atom. The second-order valence-corrected chi connectivity index (χ2v) is 8.33. The van der Waals surface area contributed by atoms with Crippen molar-refractivity contribution in [3.8, 4) is 5.69 Å². The normalized spacial score (nSPS) is 15.1. The van der Waals surface area contributed by atoms with Gasteiger partial charge in [-0.25, -0.2) is 9.69 Å². The van der Waals surface area contributed by atoms with Gasteiger partial charge in [0.25, 0.3) is 17.5 Å². The van der Waals surface area contributed by atoms with Gasteiger partial charge in [-0.15, -0.1) is 0 Å². The van der Waals surface area contributed by atoms with Gasteiger partial charge in [0.2, 0.25) is 0 Å². The first-order valence-electron chi connectivity index (χ1n) is 9.88. The summed E-state index contributed by atoms with van der Waals surface area (Å²) in [5, 5.41) is 13.6. The molecule has 4 amide bonds. The number of nitro groups is 1. The van der Waals surface area contributed by atoms with Gasteiger partial charge in [-0.3, -0.25) is 25.0 Å². The Balaban J connectivity index is 1.75. The summed E-state index contributed by atoms with van der Waals surface area (Å²) >= 11 is 12.0. The molecule has 34 heavy (non-hydrogen) atoms. The van der Waals surface area contributed by atoms with Crippen molar-refractivity contribution in [3.05, 3.63) is 91.2 Å². The van der Waals surface area contributed by atoms with Crippen LogP contribution in [0.4, 0.5) is 16.2 Å². The molecule has 2 aromatic carbocycles. The first-order valence-corrected chi connectivity index (χ1v) is 10.6. The number of nitro benzene ring substituents is 1. The Bertz CT molecular complexity index is 1410. The monoisotopic (exact) mass is 498 g/mol. The number of aryl methyl sites for hydroxylation is 1. The number of hydrogen-bond donors (Lipinski definition) is 1. The number of rotatable bonds is 4. The molecular formula is C23H16Cl2N4O5. The maximum Gasteiger partial charge on any atom is 0.335 e. The number of aromatic nitrogens is 1. The number of carbonyl (C=O) groups excluding carboxylic acids is 3. The number of barbiturate groups is 1. The van der Waals surface area contributed by atoms with Crippen LogP contribution in [0.5, 0.6) is 0 Å². The average Bonchev–Trinajstić information content (AvgIpc) is 3.04. The van der Waals surface area contributed by atoms with Crippen LogP contribution in [0.3, 0.4) is 0 Å². The van der Waals surface area contributed by atoms with Crippen molar-refractivity contribution in [2.75, 3.05) is 4.90 Å². The number of urea groups is 1. The molecular weight excluding hydrogens is 483 g/mol. The summed E-state index contributed by atoms with van der Waals surface area (Å²) in [4.78, 5) is 49.3. The molecule has 172 valence electrons. The Labute approximate surface area is 203 Å². The third-order valence-electron chi connectivity index (χ3n) is 5.34. The van der Waals surface area contributed by atoms with E-state index in [4.69, 9.17) is 23.2 Å². The molecule has 3 aromatic rings. The molecule has 1 saturated heterocycles. The molecule has 0 bridgehead atoms. The molecule has 0 spiro atoms. The van der Waals surface area contributed by atoms with Gasteiger partial charge in [-0.2, -0.15) is 0 Å². The third-order valence-corrected chi connectivity index (χ3v) is 5.90. The minimum Gasteiger partial charge on any atom is -0.318 e. The molecule has 1 fully saturated rings. The Morgan fingerprint density at radius 2 is 1.62 bits per heavy atom. The molecule has 0 aliphatic carbocycles. The highest BCUT2D eigenvalue weighted by molar-refractivity contribution is 6.39. The van der Waals surface area contributed by atoms with E-state index < -0.39 is 22.8 Å². The summed E-state index contributed by atoms with van der Waals surface area (Å²) in [7, 11) is 0. The molecule has 0 radical (unpaired) electrons. The molecule has 1 aliphatic rings. The fraction of sp³-hybridized carbons (Fsp3) is 0.0870. The van der Waals surface area contributed by atoms with Gasteiger partial charge in [0, 0.05) is 28.2 Å². The van der Waals surface area contributed by atoms with Crippen LogP contribution in [-0.4, -0.2) is 27.3 Å². The molecule has 0 unspecified atom stereocenters. The van der Waals surface area contributed by atoms with E-state index in [0.29, 0.717) is 22.0 Å². The molecule has 1 aromatic heterocycles. The highest BCUT2D eigenvalue weighted by Crippen LogP contribution is 2.30. The minimum atomic E-state index is -0.861. The molecule has 2 heterocycles. The number of halogens is 2. The highest BCUT2D eigenvalue weighted by atomic mass is 35.5. The van der Waals surface area contributed by atoms with Gasteiger partial charge in [0.15, 0.2) is 0 Å². The van der Waals surface area contributed by atoms with Gasteiger partial charge < -0.3 is 4.57 Å². The summed E-state index contributed by atoms with van der Waals surface area (Å²) in [6, 6.07) is 11.3. The summed E-state index contributed by atoms with van der Waals surface area (Å²) in [5.74, 6) is -1.59. The maximum atomic E-state index is 13.1. The van der Waals surface area contributed by atoms with Crippen LogP contribution in [0.25, 0.3) is 11.8 Å². The molecule has 1 aliphatic heterocycles. The summed E-state index contributed by atoms with van der Waals surface area (Å²) in [5.41, 5.74) is 2.34. The van der Waals surface area contributed by atoms with Crippen LogP contribution in [0, 0.1) is 24.0 Å². The van der Waals surface area contributed by atoms with E-state index in [1.54, 1.807) is 30.5 Å². The molecule has 4 rings (SSSR count). The Hall–Kier alpha value is -3.95. The van der Waals surface area contributed by atoms with Gasteiger partial charge >= 0.3 is 6.03 Å². The van der Waals surface area contributed by atoms with Crippen molar-refractivity contribution in [2.24, 2.45) is 0 Å². The van der Waals surface area contributed by atoms with Crippen LogP contribution in [0.1, 0.15) is 17.0 Å². The van der Waals surface area contributed by atoms with Gasteiger partial charge in [-0.1, -0.05) is 23.2 Å². The molecule has 9 nitrogen and oxygen atoms in total. The quantitative estimate of drug-likeness (QED) is 0.236. The van der Waals surface area contributed by atoms with Gasteiger partial charge in [0.1, 0.15) is 10.6 Å². The van der Waals surface area contributed by atoms with E-state index in [0.717, 1.165) is 10.6 Å². The van der Waals surface area contributed by atoms with Crippen LogP contribution in [0.2, 0.25) is 10.0 Å². The summed E-state index contributed by atoms with van der Waals surface area (Å²) < 4.78 is 1.79. The lowest BCUT2D eigenvalue weighted by Gasteiger charge is -2.26. The van der Waals surface area contributed by atoms with Crippen molar-refractivity contribution in [1.29, 1.82) is 0 Å². The third kappa shape index (κ3) is 4.07. The van der Waals surface area contributed by atoms with E-state index in [-0.39, 0.29) is 22.0 Å². The fourth-order valence-electron chi connectivity index (χ4n) is 3.75. The van der Waals surface area contributed by atoms with Gasteiger partial charge in [0.05, 0.1) is 10.6 Å². The number of nitrogens with one attached hydrogen (secondary N) is 1. The zero-order valence-electron chi connectivity index (χ0n) is 17.8. The predicted octanol–water partition coefficient (Wildman–Crippen LogP) is 4.98. The lowest BCUT2D eigenvalue weighted by Crippen LogP contribution is -2.54. The Morgan fingerprint density at radius 1 is 0.971 bits per heavy atom. The van der Waals surface area contributed by atoms with Crippen LogP contribution < -0.4 is 10.2 Å². The second kappa shape index (κ2) is 8.77. The maximum absolute atomic E-state index is 13.1. The molecule has 0 saturated carbocycles. The van der Waals surface area contributed by atoms with Crippen molar-refractivity contribution in [2.45, 2.75) is 13.8 Å². The van der Waals surface area contributed by atoms with Crippen LogP contribution in [0.15, 0.2) is 54.1 Å². The van der Waals surface area contributed by atoms with E-state index in [1.165, 1.54) is 42.5 Å². The zero-order chi connectivity index (χ0) is 24.7. The standard InChI is InChI=1S/C23H16Cl2N4O5/c1-12-9-14(13(2)27(12)17-7-8-20(29(33)34)19(25)11-17)10-18-21(30)26-23(32)28(22(18)31)16-5-3-15(24)4-6-16/h3-11H,1-2H3,(H,26,30,32)/b18-10+. The fourth-order valence-corrected chi connectivity index (χ4v) is 4.12. The van der Waals surface area contributed by atoms with Crippen molar-refractivity contribution in [3.63, 3.8) is 0 Å². The number of amides is 4. The topological polar surface area (TPSA) is 115 Å². The first kappa shape index (κ1) is 23.2. The lowest BCUT2D eigenvalue weighted by molar-refractivity contribution is -0.384. The van der Waals surface area contributed by atoms with E-state index in [2.05, 4.69) is 5.32 Å². The second-order valence-electron chi connectivity index (χ2n) is 7.49. The molecule has 0 atom stereocenters. The summed E-state index contributed by atoms with van der Waals surface area (Å²) in [6.45, 7) is 3.57. The number of carbonyl (C=O) groups is 3.